The third kappa shape index (κ3) is 2.28. The number of hydrogen-bond acceptors (Lipinski definition) is 2. The first-order valence-electron chi connectivity index (χ1n) is 3.91. The van der Waals surface area contributed by atoms with E-state index in [4.69, 9.17) is 6.42 Å². The van der Waals surface area contributed by atoms with Crippen LogP contribution in [0.5, 0.6) is 0 Å². The highest BCUT2D eigenvalue weighted by atomic mass is 15.0. The third-order valence-electron chi connectivity index (χ3n) is 1.37. The van der Waals surface area contributed by atoms with Crippen LogP contribution in [0.1, 0.15) is 19.4 Å². The maximum Gasteiger partial charge on any atom is 0.126 e. The number of terminal acetylenes is 1. The van der Waals surface area contributed by atoms with Gasteiger partial charge in [-0.1, -0.05) is 5.92 Å². The summed E-state index contributed by atoms with van der Waals surface area (Å²) in [7, 11) is 0. The summed E-state index contributed by atoms with van der Waals surface area (Å²) in [5, 5.41) is 3.18. The van der Waals surface area contributed by atoms with E-state index in [9.17, 15) is 0 Å². The van der Waals surface area contributed by atoms with E-state index in [0.29, 0.717) is 6.04 Å². The minimum absolute atomic E-state index is 0.397. The van der Waals surface area contributed by atoms with Crippen LogP contribution < -0.4 is 5.32 Å². The van der Waals surface area contributed by atoms with E-state index >= 15 is 0 Å². The number of aromatic nitrogens is 1. The quantitative estimate of drug-likeness (QED) is 0.668. The summed E-state index contributed by atoms with van der Waals surface area (Å²) in [6, 6.07) is 4.15. The molecule has 0 aliphatic rings. The Hall–Kier alpha value is -1.49. The van der Waals surface area contributed by atoms with Crippen molar-refractivity contribution >= 4 is 5.82 Å². The molecular formula is C10H12N2. The Bertz CT molecular complexity index is 280. The number of hydrogen-bond donors (Lipinski definition) is 1. The lowest BCUT2D eigenvalue weighted by Crippen LogP contribution is -2.10. The number of nitrogens with one attached hydrogen (secondary N) is 1. The summed E-state index contributed by atoms with van der Waals surface area (Å²) in [5.41, 5.74) is 0.810. The van der Waals surface area contributed by atoms with Crippen LogP contribution in [0.25, 0.3) is 0 Å². The minimum Gasteiger partial charge on any atom is -0.368 e. The molecule has 1 aromatic rings. The number of nitrogens with zero attached hydrogens (tertiary/aromatic N) is 1. The van der Waals surface area contributed by atoms with Crippen molar-refractivity contribution in [1.29, 1.82) is 0 Å². The zero-order valence-electron chi connectivity index (χ0n) is 7.33. The second-order valence-corrected chi connectivity index (χ2v) is 2.88. The first kappa shape index (κ1) is 8.61. The van der Waals surface area contributed by atoms with E-state index in [1.54, 1.807) is 6.20 Å². The van der Waals surface area contributed by atoms with Crippen molar-refractivity contribution in [3.8, 4) is 12.3 Å². The van der Waals surface area contributed by atoms with Gasteiger partial charge in [-0.25, -0.2) is 4.98 Å². The molecule has 2 heteroatoms. The molecule has 1 N–H and O–H groups in total. The summed E-state index contributed by atoms with van der Waals surface area (Å²) in [4.78, 5) is 4.14. The molecule has 0 aliphatic heterocycles. The lowest BCUT2D eigenvalue weighted by molar-refractivity contribution is 0.889. The molecule has 0 radical (unpaired) electrons. The molecule has 0 saturated carbocycles. The molecule has 1 aromatic heterocycles. The second-order valence-electron chi connectivity index (χ2n) is 2.88. The Morgan fingerprint density at radius 3 is 2.67 bits per heavy atom. The molecule has 2 nitrogen and oxygen atoms in total. The maximum atomic E-state index is 5.19. The molecule has 0 unspecified atom stereocenters. The van der Waals surface area contributed by atoms with Crippen molar-refractivity contribution < 1.29 is 0 Å². The molecule has 12 heavy (non-hydrogen) atoms. The summed E-state index contributed by atoms with van der Waals surface area (Å²) in [6.07, 6.45) is 6.88. The molecule has 0 aromatic carbocycles. The van der Waals surface area contributed by atoms with Crippen molar-refractivity contribution in [2.24, 2.45) is 0 Å². The van der Waals surface area contributed by atoms with Crippen molar-refractivity contribution in [2.75, 3.05) is 5.32 Å². The van der Waals surface area contributed by atoms with Gasteiger partial charge >= 0.3 is 0 Å². The molecule has 0 fully saturated rings. The van der Waals surface area contributed by atoms with Crippen molar-refractivity contribution in [3.63, 3.8) is 0 Å². The summed E-state index contributed by atoms with van der Waals surface area (Å²) in [5.74, 6) is 3.38. The Morgan fingerprint density at radius 1 is 1.50 bits per heavy atom. The Labute approximate surface area is 73.0 Å². The topological polar surface area (TPSA) is 24.9 Å². The van der Waals surface area contributed by atoms with E-state index < -0.39 is 0 Å². The van der Waals surface area contributed by atoms with E-state index in [1.807, 2.05) is 12.1 Å². The Kier molecular flexibility index (Phi) is 2.71. The highest BCUT2D eigenvalue weighted by molar-refractivity contribution is 5.40. The minimum atomic E-state index is 0.397. The largest absolute Gasteiger partial charge is 0.368 e. The maximum absolute atomic E-state index is 5.19. The van der Waals surface area contributed by atoms with Crippen molar-refractivity contribution in [3.05, 3.63) is 23.9 Å². The van der Waals surface area contributed by atoms with Gasteiger partial charge in [0.25, 0.3) is 0 Å². The van der Waals surface area contributed by atoms with Crippen LogP contribution in [0.15, 0.2) is 18.3 Å². The van der Waals surface area contributed by atoms with Crippen LogP contribution in [0, 0.1) is 12.3 Å². The van der Waals surface area contributed by atoms with Crippen LogP contribution in [0.2, 0.25) is 0 Å². The van der Waals surface area contributed by atoms with Crippen molar-refractivity contribution in [2.45, 2.75) is 19.9 Å². The van der Waals surface area contributed by atoms with Gasteiger partial charge in [-0.2, -0.15) is 0 Å². The molecule has 0 amide bonds. The van der Waals surface area contributed by atoms with E-state index in [0.717, 1.165) is 11.4 Å². The van der Waals surface area contributed by atoms with Gasteiger partial charge in [0.2, 0.25) is 0 Å². The van der Waals surface area contributed by atoms with Gasteiger partial charge in [0.05, 0.1) is 0 Å². The summed E-state index contributed by atoms with van der Waals surface area (Å²) >= 11 is 0. The van der Waals surface area contributed by atoms with Gasteiger partial charge in [0, 0.05) is 17.8 Å². The van der Waals surface area contributed by atoms with Crippen LogP contribution in [0.4, 0.5) is 5.82 Å². The number of anilines is 1. The molecule has 0 aliphatic carbocycles. The molecule has 62 valence electrons. The van der Waals surface area contributed by atoms with Crippen molar-refractivity contribution in [1.82, 2.24) is 4.98 Å². The average Bonchev–Trinajstić information content (AvgIpc) is 2.05. The fourth-order valence-electron chi connectivity index (χ4n) is 0.860. The Morgan fingerprint density at radius 2 is 2.25 bits per heavy atom. The smallest absolute Gasteiger partial charge is 0.126 e. The molecule has 0 bridgehead atoms. The fraction of sp³-hybridized carbons (Fsp3) is 0.300. The highest BCUT2D eigenvalue weighted by Crippen LogP contribution is 2.04. The Balaban J connectivity index is 2.73. The second kappa shape index (κ2) is 3.77. The van der Waals surface area contributed by atoms with Gasteiger partial charge in [0.1, 0.15) is 5.82 Å². The summed E-state index contributed by atoms with van der Waals surface area (Å²) in [6.45, 7) is 4.13. The normalized spacial score (nSPS) is 9.50. The lowest BCUT2D eigenvalue weighted by Gasteiger charge is -2.07. The van der Waals surface area contributed by atoms with Crippen LogP contribution in [0.3, 0.4) is 0 Å². The van der Waals surface area contributed by atoms with Crippen LogP contribution in [-0.2, 0) is 0 Å². The predicted octanol–water partition coefficient (Wildman–Crippen LogP) is 1.88. The van der Waals surface area contributed by atoms with Gasteiger partial charge in [0.15, 0.2) is 0 Å². The molecule has 1 heterocycles. The lowest BCUT2D eigenvalue weighted by atomic mass is 10.3. The number of pyridine rings is 1. The molecule has 1 rings (SSSR count). The average molecular weight is 160 g/mol. The van der Waals surface area contributed by atoms with E-state index in [2.05, 4.69) is 30.1 Å². The standard InChI is InChI=1S/C10H12N2/c1-4-9-5-6-10(11-7-9)12-8(2)3/h1,5-8H,2-3H3,(H,11,12). The van der Waals surface area contributed by atoms with E-state index in [1.165, 1.54) is 0 Å². The first-order valence-corrected chi connectivity index (χ1v) is 3.91. The van der Waals surface area contributed by atoms with E-state index in [-0.39, 0.29) is 0 Å². The molecule has 0 atom stereocenters. The number of rotatable bonds is 2. The van der Waals surface area contributed by atoms with Gasteiger partial charge in [-0.15, -0.1) is 6.42 Å². The predicted molar refractivity (Wildman–Crippen MR) is 50.9 cm³/mol. The highest BCUT2D eigenvalue weighted by Gasteiger charge is 1.94. The van der Waals surface area contributed by atoms with Crippen LogP contribution in [-0.4, -0.2) is 11.0 Å². The molecule has 0 spiro atoms. The molecular weight excluding hydrogens is 148 g/mol. The monoisotopic (exact) mass is 160 g/mol. The summed E-state index contributed by atoms with van der Waals surface area (Å²) < 4.78 is 0. The van der Waals surface area contributed by atoms with Gasteiger partial charge in [-0.05, 0) is 26.0 Å². The third-order valence-corrected chi connectivity index (χ3v) is 1.37. The molecule has 0 saturated heterocycles. The SMILES string of the molecule is C#Cc1ccc(NC(C)C)nc1. The van der Waals surface area contributed by atoms with Gasteiger partial charge < -0.3 is 5.32 Å². The zero-order chi connectivity index (χ0) is 8.97. The zero-order valence-corrected chi connectivity index (χ0v) is 7.33. The first-order chi connectivity index (χ1) is 5.72. The van der Waals surface area contributed by atoms with Crippen LogP contribution >= 0.6 is 0 Å². The van der Waals surface area contributed by atoms with Gasteiger partial charge in [-0.3, -0.25) is 0 Å². The fourth-order valence-corrected chi connectivity index (χ4v) is 0.860.